The monoisotopic (exact) mass is 419 g/mol. The van der Waals surface area contributed by atoms with Crippen molar-refractivity contribution in [3.05, 3.63) is 53.0 Å². The van der Waals surface area contributed by atoms with Gasteiger partial charge in [0.1, 0.15) is 4.21 Å². The van der Waals surface area contributed by atoms with E-state index >= 15 is 0 Å². The second-order valence-electron chi connectivity index (χ2n) is 6.59. The lowest BCUT2D eigenvalue weighted by molar-refractivity contribution is 0.0731. The molecule has 1 aliphatic rings. The average Bonchev–Trinajstić information content (AvgIpc) is 3.33. The van der Waals surface area contributed by atoms with Gasteiger partial charge in [-0.25, -0.2) is 8.42 Å². The minimum Gasteiger partial charge on any atom is -0.379 e. The van der Waals surface area contributed by atoms with Crippen molar-refractivity contribution in [1.82, 2.24) is 14.2 Å². The van der Waals surface area contributed by atoms with Crippen LogP contribution in [-0.4, -0.2) is 49.5 Å². The van der Waals surface area contributed by atoms with Gasteiger partial charge in [0.05, 0.1) is 25.3 Å². The second kappa shape index (κ2) is 7.67. The molecule has 148 valence electrons. The Morgan fingerprint density at radius 2 is 1.93 bits per heavy atom. The molecule has 1 aromatic carbocycles. The molecule has 0 spiro atoms. The summed E-state index contributed by atoms with van der Waals surface area (Å²) in [7, 11) is -1.60. The molecule has 9 heteroatoms. The third-order valence-corrected chi connectivity index (χ3v) is 8.22. The Hall–Kier alpha value is -2.20. The van der Waals surface area contributed by atoms with Gasteiger partial charge in [-0.1, -0.05) is 18.2 Å². The molecule has 2 aromatic heterocycles. The van der Waals surface area contributed by atoms with Crippen LogP contribution in [0.4, 0.5) is 0 Å². The molecule has 3 heterocycles. The lowest BCUT2D eigenvalue weighted by Gasteiger charge is -2.25. The lowest BCUT2D eigenvalue weighted by atomic mass is 10.1. The maximum absolute atomic E-state index is 12.7. The molecule has 4 rings (SSSR count). The maximum atomic E-state index is 12.7. The van der Waals surface area contributed by atoms with Crippen molar-refractivity contribution in [3.8, 4) is 0 Å². The molecular formula is C19H21N3O4S2. The van der Waals surface area contributed by atoms with E-state index in [1.54, 1.807) is 12.1 Å². The van der Waals surface area contributed by atoms with Gasteiger partial charge in [0, 0.05) is 42.1 Å². The van der Waals surface area contributed by atoms with E-state index in [2.05, 4.69) is 5.32 Å². The fraction of sp³-hybridized carbons (Fsp3) is 0.316. The zero-order valence-electron chi connectivity index (χ0n) is 15.4. The Kier molecular flexibility index (Phi) is 5.24. The highest BCUT2D eigenvalue weighted by Crippen LogP contribution is 2.26. The number of hydrogen-bond donors (Lipinski definition) is 1. The summed E-state index contributed by atoms with van der Waals surface area (Å²) in [5, 5.41) is 3.79. The van der Waals surface area contributed by atoms with Crippen LogP contribution in [-0.2, 0) is 28.4 Å². The molecule has 28 heavy (non-hydrogen) atoms. The number of carbonyl (C=O) groups is 1. The van der Waals surface area contributed by atoms with Gasteiger partial charge in [0.2, 0.25) is 0 Å². The summed E-state index contributed by atoms with van der Waals surface area (Å²) in [6, 6.07) is 11.1. The number of hydrogen-bond acceptors (Lipinski definition) is 5. The number of morpholine rings is 1. The molecule has 0 radical (unpaired) electrons. The largest absolute Gasteiger partial charge is 0.379 e. The van der Waals surface area contributed by atoms with E-state index in [1.807, 2.05) is 42.1 Å². The van der Waals surface area contributed by atoms with Crippen LogP contribution in [0.15, 0.2) is 46.8 Å². The molecule has 1 saturated heterocycles. The number of nitrogens with one attached hydrogen (secondary N) is 1. The molecule has 7 nitrogen and oxygen atoms in total. The number of aryl methyl sites for hydroxylation is 1. The van der Waals surface area contributed by atoms with E-state index in [1.165, 1.54) is 15.6 Å². The summed E-state index contributed by atoms with van der Waals surface area (Å²) in [4.78, 5) is 13.4. The van der Waals surface area contributed by atoms with Gasteiger partial charge in [-0.3, -0.25) is 4.79 Å². The van der Waals surface area contributed by atoms with Crippen LogP contribution in [0.2, 0.25) is 0 Å². The minimum absolute atomic E-state index is 0.178. The number of benzene rings is 1. The first kappa shape index (κ1) is 19.1. The molecule has 0 atom stereocenters. The zero-order valence-corrected chi connectivity index (χ0v) is 17.1. The molecule has 0 aliphatic carbocycles. The van der Waals surface area contributed by atoms with E-state index in [4.69, 9.17) is 4.74 Å². The average molecular weight is 420 g/mol. The molecule has 1 amide bonds. The van der Waals surface area contributed by atoms with Gasteiger partial charge in [0.25, 0.3) is 15.9 Å². The van der Waals surface area contributed by atoms with Crippen LogP contribution in [0.3, 0.4) is 0 Å². The van der Waals surface area contributed by atoms with E-state index < -0.39 is 10.0 Å². The minimum atomic E-state index is -3.50. The first-order chi connectivity index (χ1) is 13.5. The summed E-state index contributed by atoms with van der Waals surface area (Å²) in [5.41, 5.74) is 1.60. The van der Waals surface area contributed by atoms with Crippen LogP contribution in [0.5, 0.6) is 0 Å². The fourth-order valence-electron chi connectivity index (χ4n) is 3.29. The summed E-state index contributed by atoms with van der Waals surface area (Å²) < 4.78 is 34.3. The van der Waals surface area contributed by atoms with Crippen molar-refractivity contribution in [3.63, 3.8) is 0 Å². The molecule has 1 fully saturated rings. The lowest BCUT2D eigenvalue weighted by Crippen LogP contribution is -2.40. The number of thiophene rings is 1. The zero-order chi connectivity index (χ0) is 19.7. The Labute approximate surface area is 167 Å². The smallest absolute Gasteiger partial charge is 0.253 e. The van der Waals surface area contributed by atoms with Crippen molar-refractivity contribution in [1.29, 1.82) is 0 Å². The normalized spacial score (nSPS) is 15.8. The Balaban J connectivity index is 1.46. The summed E-state index contributed by atoms with van der Waals surface area (Å²) >= 11 is 1.19. The third-order valence-electron chi connectivity index (χ3n) is 4.77. The number of sulfonamides is 1. The molecule has 3 aromatic rings. The van der Waals surface area contributed by atoms with Gasteiger partial charge in [-0.2, -0.15) is 4.31 Å². The van der Waals surface area contributed by atoms with Gasteiger partial charge in [-0.05, 0) is 18.2 Å². The number of aromatic nitrogens is 1. The predicted octanol–water partition coefficient (Wildman–Crippen LogP) is 2.19. The van der Waals surface area contributed by atoms with Gasteiger partial charge in [0.15, 0.2) is 0 Å². The fourth-order valence-corrected chi connectivity index (χ4v) is 6.15. The summed E-state index contributed by atoms with van der Waals surface area (Å²) in [6.07, 6.45) is 1.81. The molecule has 1 aliphatic heterocycles. The highest BCUT2D eigenvalue weighted by atomic mass is 32.2. The van der Waals surface area contributed by atoms with E-state index in [-0.39, 0.29) is 12.5 Å². The molecule has 0 unspecified atom stereocenters. The van der Waals surface area contributed by atoms with Crippen LogP contribution < -0.4 is 5.32 Å². The first-order valence-corrected chi connectivity index (χ1v) is 11.2. The SMILES string of the molecule is Cn1cc(C(=O)NCc2ccc(S(=O)(=O)N3CCOCC3)s2)c2ccccc21. The maximum Gasteiger partial charge on any atom is 0.253 e. The summed E-state index contributed by atoms with van der Waals surface area (Å²) in [5.74, 6) is -0.178. The topological polar surface area (TPSA) is 80.6 Å². The Bertz CT molecular complexity index is 1110. The van der Waals surface area contributed by atoms with Crippen LogP contribution in [0, 0.1) is 0 Å². The van der Waals surface area contributed by atoms with Gasteiger partial charge in [-0.15, -0.1) is 11.3 Å². The van der Waals surface area contributed by atoms with Crippen molar-refractivity contribution in [2.24, 2.45) is 7.05 Å². The van der Waals surface area contributed by atoms with Crippen LogP contribution in [0.1, 0.15) is 15.2 Å². The predicted molar refractivity (Wildman–Crippen MR) is 108 cm³/mol. The van der Waals surface area contributed by atoms with Crippen molar-refractivity contribution < 1.29 is 17.9 Å². The molecule has 0 saturated carbocycles. The summed E-state index contributed by atoms with van der Waals surface area (Å²) in [6.45, 7) is 1.85. The number of fused-ring (bicyclic) bond motifs is 1. The number of rotatable bonds is 5. The van der Waals surface area contributed by atoms with Gasteiger partial charge >= 0.3 is 0 Å². The Morgan fingerprint density at radius 3 is 2.71 bits per heavy atom. The molecule has 0 bridgehead atoms. The van der Waals surface area contributed by atoms with Crippen molar-refractivity contribution in [2.45, 2.75) is 10.8 Å². The molecule has 1 N–H and O–H groups in total. The van der Waals surface area contributed by atoms with Gasteiger partial charge < -0.3 is 14.6 Å². The number of ether oxygens (including phenoxy) is 1. The number of amides is 1. The van der Waals surface area contributed by atoms with Crippen molar-refractivity contribution >= 4 is 38.2 Å². The van der Waals surface area contributed by atoms with Crippen LogP contribution in [0.25, 0.3) is 10.9 Å². The van der Waals surface area contributed by atoms with E-state index in [9.17, 15) is 13.2 Å². The highest BCUT2D eigenvalue weighted by Gasteiger charge is 2.27. The van der Waals surface area contributed by atoms with E-state index in [0.717, 1.165) is 15.8 Å². The highest BCUT2D eigenvalue weighted by molar-refractivity contribution is 7.91. The van der Waals surface area contributed by atoms with Crippen molar-refractivity contribution in [2.75, 3.05) is 26.3 Å². The Morgan fingerprint density at radius 1 is 1.18 bits per heavy atom. The van der Waals surface area contributed by atoms with Crippen LogP contribution >= 0.6 is 11.3 Å². The van der Waals surface area contributed by atoms with E-state index in [0.29, 0.717) is 36.1 Å². The second-order valence-corrected chi connectivity index (χ2v) is 9.92. The number of nitrogens with zero attached hydrogens (tertiary/aromatic N) is 2. The number of carbonyl (C=O) groups excluding carboxylic acids is 1. The quantitative estimate of drug-likeness (QED) is 0.687. The number of para-hydroxylation sites is 1. The third kappa shape index (κ3) is 3.58. The molecular weight excluding hydrogens is 398 g/mol. The first-order valence-electron chi connectivity index (χ1n) is 8.96. The standard InChI is InChI=1S/C19H21N3O4S2/c1-21-13-16(15-4-2-3-5-17(15)21)19(23)20-12-14-6-7-18(27-14)28(24,25)22-8-10-26-11-9-22/h2-7,13H,8-12H2,1H3,(H,20,23).